The molecule has 1 atom stereocenters. The molecule has 0 fully saturated rings. The van der Waals surface area contributed by atoms with Crippen LogP contribution in [0, 0.1) is 6.92 Å². The minimum atomic E-state index is -1.09. The van der Waals surface area contributed by atoms with Crippen molar-refractivity contribution in [1.29, 1.82) is 0 Å². The van der Waals surface area contributed by atoms with Crippen molar-refractivity contribution >= 4 is 6.29 Å². The van der Waals surface area contributed by atoms with Gasteiger partial charge in [0.1, 0.15) is 11.5 Å². The first-order valence-corrected chi connectivity index (χ1v) is 9.68. The monoisotopic (exact) mass is 390 g/mol. The molecule has 0 heterocycles. The Labute approximate surface area is 168 Å². The third-order valence-electron chi connectivity index (χ3n) is 5.06. The number of aryl methyl sites for hydroxylation is 1. The van der Waals surface area contributed by atoms with E-state index in [2.05, 4.69) is 6.08 Å². The zero-order chi connectivity index (χ0) is 21.5. The van der Waals surface area contributed by atoms with Gasteiger partial charge in [0, 0.05) is 5.56 Å². The first-order chi connectivity index (χ1) is 13.0. The molecular weight excluding hydrogens is 356 g/mol. The lowest BCUT2D eigenvalue weighted by Crippen LogP contribution is -2.35. The van der Waals surface area contributed by atoms with Gasteiger partial charge in [-0.2, -0.15) is 0 Å². The highest BCUT2D eigenvalue weighted by molar-refractivity contribution is 5.83. The lowest BCUT2D eigenvalue weighted by molar-refractivity contribution is -0.0509. The van der Waals surface area contributed by atoms with Crippen LogP contribution < -0.4 is 0 Å². The van der Waals surface area contributed by atoms with E-state index in [0.717, 1.165) is 24.8 Å². The number of allylic oxidation sites excluding steroid dienone is 4. The number of phenols is 2. The summed E-state index contributed by atoms with van der Waals surface area (Å²) in [5.74, 6) is -0.164. The molecule has 5 nitrogen and oxygen atoms in total. The van der Waals surface area contributed by atoms with Crippen LogP contribution in [0.3, 0.4) is 0 Å². The van der Waals surface area contributed by atoms with E-state index >= 15 is 0 Å². The summed E-state index contributed by atoms with van der Waals surface area (Å²) in [5.41, 5.74) is 2.32. The van der Waals surface area contributed by atoms with Gasteiger partial charge in [0.05, 0.1) is 17.3 Å². The van der Waals surface area contributed by atoms with Crippen molar-refractivity contribution in [2.24, 2.45) is 0 Å². The fourth-order valence-corrected chi connectivity index (χ4v) is 2.93. The highest BCUT2D eigenvalue weighted by atomic mass is 16.3. The molecule has 28 heavy (non-hydrogen) atoms. The summed E-state index contributed by atoms with van der Waals surface area (Å²) in [4.78, 5) is 11.1. The number of hydrogen-bond donors (Lipinski definition) is 4. The smallest absolute Gasteiger partial charge is 0.154 e. The summed E-state index contributed by atoms with van der Waals surface area (Å²) in [6.07, 6.45) is 7.21. The van der Waals surface area contributed by atoms with Crippen molar-refractivity contribution in [1.82, 2.24) is 0 Å². The fourth-order valence-electron chi connectivity index (χ4n) is 2.93. The SMILES string of the molecule is C/C(=C\Cc1c(O)cc(C)c(C=O)c1O)CC/C=C(\C)CC[C@H](O)C(C)(C)O. The number of benzene rings is 1. The number of aliphatic hydroxyl groups excluding tert-OH is 1. The van der Waals surface area contributed by atoms with Crippen LogP contribution in [0.1, 0.15) is 74.9 Å². The molecule has 0 aliphatic heterocycles. The third-order valence-corrected chi connectivity index (χ3v) is 5.06. The Morgan fingerprint density at radius 3 is 2.32 bits per heavy atom. The highest BCUT2D eigenvalue weighted by Gasteiger charge is 2.23. The molecule has 0 saturated heterocycles. The minimum Gasteiger partial charge on any atom is -0.508 e. The second-order valence-corrected chi connectivity index (χ2v) is 8.12. The molecule has 0 saturated carbocycles. The molecule has 1 aromatic carbocycles. The van der Waals surface area contributed by atoms with E-state index in [1.165, 1.54) is 11.6 Å². The molecule has 5 heteroatoms. The molecule has 0 spiro atoms. The van der Waals surface area contributed by atoms with Gasteiger partial charge < -0.3 is 20.4 Å². The molecular formula is C23H34O5. The van der Waals surface area contributed by atoms with Gasteiger partial charge in [0.25, 0.3) is 0 Å². The van der Waals surface area contributed by atoms with Crippen molar-refractivity contribution in [3.63, 3.8) is 0 Å². The lowest BCUT2D eigenvalue weighted by Gasteiger charge is -2.24. The fraction of sp³-hybridized carbons (Fsp3) is 0.522. The summed E-state index contributed by atoms with van der Waals surface area (Å²) in [7, 11) is 0. The summed E-state index contributed by atoms with van der Waals surface area (Å²) in [6, 6.07) is 1.50. The van der Waals surface area contributed by atoms with E-state index < -0.39 is 11.7 Å². The first-order valence-electron chi connectivity index (χ1n) is 9.68. The van der Waals surface area contributed by atoms with E-state index in [1.54, 1.807) is 20.8 Å². The number of carbonyl (C=O) groups excluding carboxylic acids is 1. The van der Waals surface area contributed by atoms with Gasteiger partial charge in [-0.05, 0) is 78.4 Å². The quantitative estimate of drug-likeness (QED) is 0.352. The van der Waals surface area contributed by atoms with Crippen LogP contribution in [0.5, 0.6) is 11.5 Å². The van der Waals surface area contributed by atoms with E-state index in [4.69, 9.17) is 0 Å². The van der Waals surface area contributed by atoms with Crippen LogP contribution >= 0.6 is 0 Å². The van der Waals surface area contributed by atoms with Crippen LogP contribution in [0.25, 0.3) is 0 Å². The second-order valence-electron chi connectivity index (χ2n) is 8.12. The molecule has 1 aromatic rings. The number of aldehydes is 1. The molecule has 156 valence electrons. The van der Waals surface area contributed by atoms with E-state index in [-0.39, 0.29) is 17.1 Å². The van der Waals surface area contributed by atoms with Crippen LogP contribution in [-0.2, 0) is 6.42 Å². The average Bonchev–Trinajstić information content (AvgIpc) is 2.58. The Morgan fingerprint density at radius 2 is 1.75 bits per heavy atom. The van der Waals surface area contributed by atoms with Gasteiger partial charge in [-0.3, -0.25) is 4.79 Å². The van der Waals surface area contributed by atoms with Crippen molar-refractivity contribution < 1.29 is 25.2 Å². The predicted molar refractivity (Wildman–Crippen MR) is 112 cm³/mol. The average molecular weight is 391 g/mol. The summed E-state index contributed by atoms with van der Waals surface area (Å²) in [6.45, 7) is 8.88. The topological polar surface area (TPSA) is 98.0 Å². The summed E-state index contributed by atoms with van der Waals surface area (Å²) >= 11 is 0. The van der Waals surface area contributed by atoms with E-state index in [9.17, 15) is 25.2 Å². The largest absolute Gasteiger partial charge is 0.508 e. The Morgan fingerprint density at radius 1 is 1.14 bits per heavy atom. The number of aliphatic hydroxyl groups is 2. The lowest BCUT2D eigenvalue weighted by atomic mass is 9.95. The zero-order valence-corrected chi connectivity index (χ0v) is 17.6. The van der Waals surface area contributed by atoms with Crippen molar-refractivity contribution in [2.45, 2.75) is 78.4 Å². The number of phenolic OH excluding ortho intramolecular Hbond substituents is 2. The molecule has 0 aliphatic rings. The summed E-state index contributed by atoms with van der Waals surface area (Å²) in [5, 5.41) is 39.9. The first kappa shape index (κ1) is 23.9. The number of hydrogen-bond acceptors (Lipinski definition) is 5. The maximum atomic E-state index is 11.1. The van der Waals surface area contributed by atoms with Crippen LogP contribution in [0.4, 0.5) is 0 Å². The van der Waals surface area contributed by atoms with Crippen molar-refractivity contribution in [2.75, 3.05) is 0 Å². The maximum absolute atomic E-state index is 11.1. The van der Waals surface area contributed by atoms with Gasteiger partial charge in [0.15, 0.2) is 6.29 Å². The van der Waals surface area contributed by atoms with Gasteiger partial charge in [-0.25, -0.2) is 0 Å². The minimum absolute atomic E-state index is 0.00856. The van der Waals surface area contributed by atoms with Gasteiger partial charge in [-0.15, -0.1) is 0 Å². The van der Waals surface area contributed by atoms with Gasteiger partial charge in [-0.1, -0.05) is 23.3 Å². The van der Waals surface area contributed by atoms with Crippen LogP contribution in [0.15, 0.2) is 29.4 Å². The molecule has 0 bridgehead atoms. The number of aromatic hydroxyl groups is 2. The molecule has 0 radical (unpaired) electrons. The number of rotatable bonds is 10. The molecule has 0 amide bonds. The van der Waals surface area contributed by atoms with Crippen LogP contribution in [0.2, 0.25) is 0 Å². The predicted octanol–water partition coefficient (Wildman–Crippen LogP) is 4.35. The molecule has 1 rings (SSSR count). The maximum Gasteiger partial charge on any atom is 0.154 e. The normalized spacial score (nSPS) is 14.2. The Kier molecular flexibility index (Phi) is 8.92. The zero-order valence-electron chi connectivity index (χ0n) is 17.6. The van der Waals surface area contributed by atoms with Gasteiger partial charge >= 0.3 is 0 Å². The summed E-state index contributed by atoms with van der Waals surface area (Å²) < 4.78 is 0. The molecule has 0 aromatic heterocycles. The van der Waals surface area contributed by atoms with E-state index in [1.807, 2.05) is 19.9 Å². The standard InChI is InChI=1S/C23H34O5/c1-15(7-6-8-16(2)10-12-21(26)23(4,5)28)9-11-18-20(25)13-17(3)19(14-24)22(18)27/h8-9,13-14,21,25-28H,6-7,10-12H2,1-5H3/b15-9+,16-8+/t21-/m0/s1. The van der Waals surface area contributed by atoms with E-state index in [0.29, 0.717) is 30.3 Å². The molecule has 0 aliphatic carbocycles. The van der Waals surface area contributed by atoms with Crippen molar-refractivity contribution in [3.8, 4) is 11.5 Å². The van der Waals surface area contributed by atoms with Crippen molar-refractivity contribution in [3.05, 3.63) is 46.1 Å². The molecule has 0 unspecified atom stereocenters. The second kappa shape index (κ2) is 10.4. The Hall–Kier alpha value is -2.11. The third kappa shape index (κ3) is 7.13. The van der Waals surface area contributed by atoms with Crippen LogP contribution in [-0.4, -0.2) is 38.4 Å². The Balaban J connectivity index is 2.62. The number of carbonyl (C=O) groups is 1. The Bertz CT molecular complexity index is 738. The molecule has 4 N–H and O–H groups in total. The highest BCUT2D eigenvalue weighted by Crippen LogP contribution is 2.33. The van der Waals surface area contributed by atoms with Gasteiger partial charge in [0.2, 0.25) is 0 Å².